The molecule has 0 bridgehead atoms. The molecule has 1 aliphatic rings. The highest BCUT2D eigenvalue weighted by Gasteiger charge is 2.53. The maximum Gasteiger partial charge on any atom is 0.498 e. The van der Waals surface area contributed by atoms with E-state index in [-0.39, 0.29) is 11.6 Å². The maximum atomic E-state index is 7.60. The van der Waals surface area contributed by atoms with Gasteiger partial charge in [0.2, 0.25) is 0 Å². The van der Waals surface area contributed by atoms with Crippen LogP contribution in [0.5, 0.6) is 5.75 Å². The van der Waals surface area contributed by atoms with Crippen molar-refractivity contribution in [2.45, 2.75) is 51.9 Å². The summed E-state index contributed by atoms with van der Waals surface area (Å²) in [6.45, 7) is 7.07. The van der Waals surface area contributed by atoms with Crippen LogP contribution in [0.1, 0.15) is 50.7 Å². The molecule has 11 heteroatoms. The van der Waals surface area contributed by atoms with Gasteiger partial charge in [0.15, 0.2) is 11.9 Å². The van der Waals surface area contributed by atoms with Gasteiger partial charge in [-0.15, -0.1) is 0 Å². The first kappa shape index (κ1) is 20.9. The Labute approximate surface area is 219 Å². The van der Waals surface area contributed by atoms with Crippen LogP contribution in [-0.2, 0) is 16.3 Å². The van der Waals surface area contributed by atoms with Crippen LogP contribution < -0.4 is 15.9 Å². The van der Waals surface area contributed by atoms with Gasteiger partial charge in [-0.3, -0.25) is 4.68 Å². The Morgan fingerprint density at radius 2 is 1.89 bits per heavy atom. The van der Waals surface area contributed by atoms with Crippen molar-refractivity contribution < 1.29 is 18.2 Å². The average Bonchev–Trinajstić information content (AvgIpc) is 3.42. The Morgan fingerprint density at radius 3 is 2.56 bits per heavy atom. The van der Waals surface area contributed by atoms with E-state index in [1.807, 2.05) is 52.0 Å². The minimum atomic E-state index is -2.47. The van der Waals surface area contributed by atoms with E-state index < -0.39 is 31.4 Å². The second kappa shape index (κ2) is 8.72. The summed E-state index contributed by atoms with van der Waals surface area (Å²) < 4.78 is 42.9. The van der Waals surface area contributed by atoms with Crippen molar-refractivity contribution >= 4 is 40.9 Å². The highest BCUT2D eigenvalue weighted by molar-refractivity contribution is 6.64. The third-order valence-electron chi connectivity index (χ3n) is 6.73. The lowest BCUT2D eigenvalue weighted by Crippen LogP contribution is -2.41. The molecular weight excluding hydrogens is 479 g/mol. The molecule has 0 aliphatic carbocycles. The first-order chi connectivity index (χ1) is 18.2. The molecule has 5 rings (SSSR count). The number of anilines is 1. The molecule has 0 saturated carbocycles. The number of hydrogen-bond acceptors (Lipinski definition) is 8. The average molecular weight is 510 g/mol. The molecule has 36 heavy (non-hydrogen) atoms. The molecule has 1 aliphatic heterocycles. The van der Waals surface area contributed by atoms with E-state index in [1.54, 1.807) is 13.0 Å². The lowest BCUT2D eigenvalue weighted by molar-refractivity contribution is 0.00578. The number of halogens is 1. The number of nitrogens with two attached hydrogens (primary N) is 1. The zero-order chi connectivity index (χ0) is 28.3. The van der Waals surface area contributed by atoms with Crippen molar-refractivity contribution in [1.29, 1.82) is 0 Å². The Hall–Kier alpha value is -3.21. The first-order valence-electron chi connectivity index (χ1n) is 13.0. The topological polar surface area (TPSA) is 110 Å². The molecule has 0 amide bonds. The summed E-state index contributed by atoms with van der Waals surface area (Å²) in [6.07, 6.45) is 1.76. The van der Waals surface area contributed by atoms with Gasteiger partial charge in [-0.05, 0) is 58.4 Å². The van der Waals surface area contributed by atoms with Crippen molar-refractivity contribution in [2.75, 3.05) is 5.73 Å². The minimum absolute atomic E-state index is 0.175. The number of benzene rings is 2. The van der Waals surface area contributed by atoms with E-state index in [1.165, 1.54) is 6.33 Å². The molecule has 1 saturated heterocycles. The first-order valence-corrected chi connectivity index (χ1v) is 11.8. The van der Waals surface area contributed by atoms with E-state index in [0.717, 1.165) is 22.1 Å². The van der Waals surface area contributed by atoms with Crippen LogP contribution in [-0.4, -0.2) is 43.1 Å². The van der Waals surface area contributed by atoms with Crippen molar-refractivity contribution in [1.82, 2.24) is 24.7 Å². The number of rotatable bonds is 5. The van der Waals surface area contributed by atoms with Crippen LogP contribution in [0, 0.1) is 0 Å². The normalized spacial score (nSPS) is 19.1. The molecule has 1 atom stereocenters. The Morgan fingerprint density at radius 1 is 1.14 bits per heavy atom. The standard InChI is InChI=1S/C25H28BClN6O3/c1-14(23-31-13-33(6)32-23)34-21-18(26-35-24(2,3)25(4,5)36-26)11-17(15-8-7-9-16(27)10-15)20-19(21)22(28)30-12-29-20/h7-14H,1-6H3,(H2,28,29,30)/i6D3. The maximum absolute atomic E-state index is 7.60. The third kappa shape index (κ3) is 4.19. The number of fused-ring (bicyclic) bond motifs is 1. The lowest BCUT2D eigenvalue weighted by Gasteiger charge is -2.32. The van der Waals surface area contributed by atoms with Gasteiger partial charge >= 0.3 is 7.12 Å². The third-order valence-corrected chi connectivity index (χ3v) is 6.97. The molecule has 1 unspecified atom stereocenters. The zero-order valence-electron chi connectivity index (χ0n) is 23.6. The van der Waals surface area contributed by atoms with Crippen LogP contribution in [0.4, 0.5) is 5.82 Å². The van der Waals surface area contributed by atoms with Gasteiger partial charge in [0.1, 0.15) is 24.2 Å². The van der Waals surface area contributed by atoms with Crippen molar-refractivity contribution in [3.05, 3.63) is 53.8 Å². The van der Waals surface area contributed by atoms with Gasteiger partial charge in [0.25, 0.3) is 0 Å². The zero-order valence-corrected chi connectivity index (χ0v) is 21.4. The van der Waals surface area contributed by atoms with Gasteiger partial charge in [0.05, 0.1) is 22.1 Å². The van der Waals surface area contributed by atoms with E-state index in [2.05, 4.69) is 20.1 Å². The number of hydrogen-bond donors (Lipinski definition) is 1. The predicted molar refractivity (Wildman–Crippen MR) is 140 cm³/mol. The molecule has 1 fully saturated rings. The monoisotopic (exact) mass is 509 g/mol. The molecule has 2 aromatic heterocycles. The van der Waals surface area contributed by atoms with Crippen LogP contribution in [0.25, 0.3) is 22.0 Å². The SMILES string of the molecule is [2H]C([2H])([2H])n1cnc(C(C)Oc2c(B3OC(C)(C)C(C)(C)O3)cc(-c3cccc(Cl)c3)c3ncnc(N)c23)n1. The fraction of sp³-hybridized carbons (Fsp3) is 0.360. The number of ether oxygens (including phenoxy) is 1. The summed E-state index contributed by atoms with van der Waals surface area (Å²) in [6, 6.07) is 9.27. The van der Waals surface area contributed by atoms with Gasteiger partial charge in [0, 0.05) is 27.1 Å². The van der Waals surface area contributed by atoms with Crippen LogP contribution in [0.2, 0.25) is 5.02 Å². The fourth-order valence-electron chi connectivity index (χ4n) is 4.10. The quantitative estimate of drug-likeness (QED) is 0.400. The van der Waals surface area contributed by atoms with E-state index in [0.29, 0.717) is 27.1 Å². The lowest BCUT2D eigenvalue weighted by atomic mass is 9.76. The van der Waals surface area contributed by atoms with E-state index in [4.69, 9.17) is 35.5 Å². The second-order valence-electron chi connectivity index (χ2n) is 9.73. The molecule has 4 aromatic rings. The Bertz CT molecular complexity index is 1550. The molecular formula is C25H28BClN6O3. The number of aryl methyl sites for hydroxylation is 1. The van der Waals surface area contributed by atoms with Crippen molar-refractivity contribution in [3.63, 3.8) is 0 Å². The molecule has 2 N–H and O–H groups in total. The summed E-state index contributed by atoms with van der Waals surface area (Å²) in [5.74, 6) is 0.684. The molecule has 9 nitrogen and oxygen atoms in total. The largest absolute Gasteiger partial charge is 0.498 e. The fourth-order valence-corrected chi connectivity index (χ4v) is 4.29. The summed E-state index contributed by atoms with van der Waals surface area (Å²) in [4.78, 5) is 12.9. The molecule has 0 spiro atoms. The number of nitrogens with zero attached hydrogens (tertiary/aromatic N) is 5. The van der Waals surface area contributed by atoms with Crippen molar-refractivity contribution in [2.24, 2.45) is 6.98 Å². The van der Waals surface area contributed by atoms with Crippen LogP contribution >= 0.6 is 11.6 Å². The second-order valence-corrected chi connectivity index (χ2v) is 10.2. The Kier molecular flexibility index (Phi) is 5.07. The van der Waals surface area contributed by atoms with Crippen molar-refractivity contribution in [3.8, 4) is 16.9 Å². The smallest absolute Gasteiger partial charge is 0.482 e. The van der Waals surface area contributed by atoms with E-state index >= 15 is 0 Å². The van der Waals surface area contributed by atoms with Gasteiger partial charge in [-0.2, -0.15) is 5.10 Å². The summed E-state index contributed by atoms with van der Waals surface area (Å²) >= 11 is 6.33. The predicted octanol–water partition coefficient (Wildman–Crippen LogP) is 4.10. The van der Waals surface area contributed by atoms with Gasteiger partial charge < -0.3 is 19.8 Å². The van der Waals surface area contributed by atoms with E-state index in [9.17, 15) is 0 Å². The van der Waals surface area contributed by atoms with Gasteiger partial charge in [-0.25, -0.2) is 15.0 Å². The summed E-state index contributed by atoms with van der Waals surface area (Å²) in [7, 11) is -0.827. The molecule has 3 heterocycles. The highest BCUT2D eigenvalue weighted by atomic mass is 35.5. The van der Waals surface area contributed by atoms with Crippen LogP contribution in [0.3, 0.4) is 0 Å². The molecule has 0 radical (unpaired) electrons. The minimum Gasteiger partial charge on any atom is -0.482 e. The highest BCUT2D eigenvalue weighted by Crippen LogP contribution is 2.41. The number of nitrogen functional groups attached to an aromatic ring is 1. The van der Waals surface area contributed by atoms with Crippen LogP contribution in [0.15, 0.2) is 43.0 Å². The summed E-state index contributed by atoms with van der Waals surface area (Å²) in [5.41, 5.74) is 7.80. The summed E-state index contributed by atoms with van der Waals surface area (Å²) in [5, 5.41) is 5.11. The Balaban J connectivity index is 1.72. The molecule has 186 valence electrons. The molecule has 2 aromatic carbocycles. The number of aromatic nitrogens is 5. The van der Waals surface area contributed by atoms with Gasteiger partial charge in [-0.1, -0.05) is 23.7 Å².